The van der Waals surface area contributed by atoms with Crippen LogP contribution >= 0.6 is 0 Å². The number of carbonyl (C=O) groups is 1. The quantitative estimate of drug-likeness (QED) is 0.814. The van der Waals surface area contributed by atoms with Gasteiger partial charge in [0, 0.05) is 13.2 Å². The average molecular weight is 287 g/mol. The minimum Gasteiger partial charge on any atom is -0.465 e. The lowest BCUT2D eigenvalue weighted by Gasteiger charge is -2.34. The maximum Gasteiger partial charge on any atom is 0.319 e. The van der Waals surface area contributed by atoms with Gasteiger partial charge in [0.15, 0.2) is 0 Å². The smallest absolute Gasteiger partial charge is 0.319 e. The second-order valence-electron chi connectivity index (χ2n) is 5.72. The Morgan fingerprint density at radius 2 is 2.14 bits per heavy atom. The van der Waals surface area contributed by atoms with Crippen LogP contribution in [0.15, 0.2) is 18.5 Å². The summed E-state index contributed by atoms with van der Waals surface area (Å²) in [7, 11) is 1.96. The number of hydrogen-bond donors (Lipinski definition) is 0. The predicted molar refractivity (Wildman–Crippen MR) is 79.9 cm³/mol. The van der Waals surface area contributed by atoms with Crippen LogP contribution in [0.5, 0.6) is 0 Å². The molecule has 0 bridgehead atoms. The molecule has 21 heavy (non-hydrogen) atoms. The predicted octanol–water partition coefficient (Wildman–Crippen LogP) is 2.73. The molecular weight excluding hydrogens is 266 g/mol. The van der Waals surface area contributed by atoms with E-state index in [0.29, 0.717) is 6.61 Å². The van der Waals surface area contributed by atoms with Gasteiger partial charge in [-0.15, -0.1) is 0 Å². The van der Waals surface area contributed by atoms with Crippen molar-refractivity contribution in [2.24, 2.45) is 7.05 Å². The third kappa shape index (κ3) is 2.20. The first kappa shape index (κ1) is 14.0. The van der Waals surface area contributed by atoms with E-state index < -0.39 is 5.41 Å². The van der Waals surface area contributed by atoms with E-state index in [2.05, 4.69) is 4.98 Å². The zero-order chi connectivity index (χ0) is 14.9. The summed E-state index contributed by atoms with van der Waals surface area (Å²) in [6.45, 7) is 2.26. The topological polar surface area (TPSA) is 57.0 Å². The molecule has 2 heterocycles. The monoisotopic (exact) mass is 287 g/mol. The summed E-state index contributed by atoms with van der Waals surface area (Å²) < 4.78 is 7.39. The standard InChI is InChI=1S/C16H21N3O2/c1-3-21-15(20)16(8-5-4-6-9-16)14-18-12-7-10-17-11-13(12)19(14)2/h7,10-11H,3-6,8-9H2,1-2H3. The molecule has 0 unspecified atom stereocenters. The van der Waals surface area contributed by atoms with E-state index >= 15 is 0 Å². The Kier molecular flexibility index (Phi) is 3.66. The Hall–Kier alpha value is -1.91. The molecule has 0 amide bonds. The van der Waals surface area contributed by atoms with Gasteiger partial charge < -0.3 is 9.30 Å². The van der Waals surface area contributed by atoms with Gasteiger partial charge in [0.05, 0.1) is 23.8 Å². The van der Waals surface area contributed by atoms with Gasteiger partial charge in [0.1, 0.15) is 11.2 Å². The molecule has 5 heteroatoms. The van der Waals surface area contributed by atoms with Crippen LogP contribution in [0.4, 0.5) is 0 Å². The van der Waals surface area contributed by atoms with Crippen LogP contribution in [0.2, 0.25) is 0 Å². The highest BCUT2D eigenvalue weighted by molar-refractivity contribution is 5.84. The van der Waals surface area contributed by atoms with Crippen molar-refractivity contribution in [1.82, 2.24) is 14.5 Å². The molecule has 0 atom stereocenters. The molecule has 1 aliphatic rings. The number of pyridine rings is 1. The van der Waals surface area contributed by atoms with Crippen molar-refractivity contribution in [3.05, 3.63) is 24.3 Å². The van der Waals surface area contributed by atoms with Crippen molar-refractivity contribution in [3.63, 3.8) is 0 Å². The van der Waals surface area contributed by atoms with Gasteiger partial charge in [-0.2, -0.15) is 0 Å². The van der Waals surface area contributed by atoms with Crippen molar-refractivity contribution in [3.8, 4) is 0 Å². The van der Waals surface area contributed by atoms with E-state index in [1.165, 1.54) is 6.42 Å². The Morgan fingerprint density at radius 1 is 1.38 bits per heavy atom. The third-order valence-electron chi connectivity index (χ3n) is 4.48. The Bertz CT molecular complexity index is 657. The van der Waals surface area contributed by atoms with Gasteiger partial charge in [-0.25, -0.2) is 4.98 Å². The SMILES string of the molecule is CCOC(=O)C1(c2nc3ccncc3n2C)CCCCC1. The Morgan fingerprint density at radius 3 is 2.81 bits per heavy atom. The van der Waals surface area contributed by atoms with Gasteiger partial charge in [-0.05, 0) is 25.8 Å². The molecule has 112 valence electrons. The molecule has 0 aromatic carbocycles. The summed E-state index contributed by atoms with van der Waals surface area (Å²) in [6.07, 6.45) is 8.42. The van der Waals surface area contributed by atoms with E-state index in [1.54, 1.807) is 12.4 Å². The van der Waals surface area contributed by atoms with E-state index in [9.17, 15) is 4.79 Å². The fourth-order valence-electron chi connectivity index (χ4n) is 3.41. The molecular formula is C16H21N3O2. The molecule has 0 radical (unpaired) electrons. The zero-order valence-corrected chi connectivity index (χ0v) is 12.6. The van der Waals surface area contributed by atoms with Crippen LogP contribution in [-0.2, 0) is 22.0 Å². The Balaban J connectivity index is 2.14. The highest BCUT2D eigenvalue weighted by Crippen LogP contribution is 2.40. The number of ether oxygens (including phenoxy) is 1. The van der Waals surface area contributed by atoms with Gasteiger partial charge in [0.2, 0.25) is 0 Å². The largest absolute Gasteiger partial charge is 0.465 e. The van der Waals surface area contributed by atoms with E-state index in [0.717, 1.165) is 42.5 Å². The summed E-state index contributed by atoms with van der Waals surface area (Å²) >= 11 is 0. The maximum atomic E-state index is 12.7. The van der Waals surface area contributed by atoms with Gasteiger partial charge in [0.25, 0.3) is 0 Å². The lowest BCUT2D eigenvalue weighted by molar-refractivity contribution is -0.152. The number of aromatic nitrogens is 3. The summed E-state index contributed by atoms with van der Waals surface area (Å²) in [4.78, 5) is 21.6. The number of esters is 1. The number of fused-ring (bicyclic) bond motifs is 1. The van der Waals surface area contributed by atoms with E-state index in [1.807, 2.05) is 24.6 Å². The number of rotatable bonds is 3. The maximum absolute atomic E-state index is 12.7. The van der Waals surface area contributed by atoms with Crippen molar-refractivity contribution < 1.29 is 9.53 Å². The van der Waals surface area contributed by atoms with Crippen molar-refractivity contribution in [2.75, 3.05) is 6.61 Å². The highest BCUT2D eigenvalue weighted by atomic mass is 16.5. The first-order valence-electron chi connectivity index (χ1n) is 7.63. The summed E-state index contributed by atoms with van der Waals surface area (Å²) in [6, 6.07) is 1.89. The van der Waals surface area contributed by atoms with Crippen LogP contribution in [0, 0.1) is 0 Å². The second kappa shape index (κ2) is 5.47. The molecule has 1 fully saturated rings. The lowest BCUT2D eigenvalue weighted by Crippen LogP contribution is -2.41. The normalized spacial score (nSPS) is 17.8. The molecule has 1 aliphatic carbocycles. The van der Waals surface area contributed by atoms with Gasteiger partial charge in [-0.3, -0.25) is 9.78 Å². The molecule has 0 aliphatic heterocycles. The number of aryl methyl sites for hydroxylation is 1. The molecule has 0 N–H and O–H groups in total. The fraction of sp³-hybridized carbons (Fsp3) is 0.562. The first-order chi connectivity index (χ1) is 10.2. The first-order valence-corrected chi connectivity index (χ1v) is 7.63. The van der Waals surface area contributed by atoms with Crippen LogP contribution in [0.3, 0.4) is 0 Å². The van der Waals surface area contributed by atoms with E-state index in [-0.39, 0.29) is 5.97 Å². The van der Waals surface area contributed by atoms with Crippen molar-refractivity contribution >= 4 is 17.0 Å². The number of carbonyl (C=O) groups excluding carboxylic acids is 1. The molecule has 2 aromatic rings. The lowest BCUT2D eigenvalue weighted by atomic mass is 9.73. The highest BCUT2D eigenvalue weighted by Gasteiger charge is 2.46. The molecule has 5 nitrogen and oxygen atoms in total. The fourth-order valence-corrected chi connectivity index (χ4v) is 3.41. The second-order valence-corrected chi connectivity index (χ2v) is 5.72. The van der Waals surface area contributed by atoms with Crippen LogP contribution in [0.1, 0.15) is 44.9 Å². The van der Waals surface area contributed by atoms with Crippen LogP contribution in [-0.4, -0.2) is 27.1 Å². The third-order valence-corrected chi connectivity index (χ3v) is 4.48. The van der Waals surface area contributed by atoms with Crippen molar-refractivity contribution in [1.29, 1.82) is 0 Å². The average Bonchev–Trinajstić information content (AvgIpc) is 2.86. The zero-order valence-electron chi connectivity index (χ0n) is 12.6. The Labute approximate surface area is 124 Å². The molecule has 2 aromatic heterocycles. The summed E-state index contributed by atoms with van der Waals surface area (Å²) in [5, 5.41) is 0. The molecule has 0 spiro atoms. The minimum atomic E-state index is -0.595. The van der Waals surface area contributed by atoms with Crippen LogP contribution < -0.4 is 0 Å². The minimum absolute atomic E-state index is 0.129. The molecule has 0 saturated heterocycles. The van der Waals surface area contributed by atoms with Gasteiger partial charge >= 0.3 is 5.97 Å². The molecule has 1 saturated carbocycles. The molecule has 3 rings (SSSR count). The summed E-state index contributed by atoms with van der Waals surface area (Å²) in [5.74, 6) is 0.694. The van der Waals surface area contributed by atoms with Crippen LogP contribution in [0.25, 0.3) is 11.0 Å². The van der Waals surface area contributed by atoms with Gasteiger partial charge in [-0.1, -0.05) is 19.3 Å². The number of imidazole rings is 1. The number of nitrogens with zero attached hydrogens (tertiary/aromatic N) is 3. The summed E-state index contributed by atoms with van der Waals surface area (Å²) in [5.41, 5.74) is 1.25. The van der Waals surface area contributed by atoms with E-state index in [4.69, 9.17) is 9.72 Å². The van der Waals surface area contributed by atoms with Crippen molar-refractivity contribution in [2.45, 2.75) is 44.4 Å². The number of hydrogen-bond acceptors (Lipinski definition) is 4.